The van der Waals surface area contributed by atoms with E-state index in [1.807, 2.05) is 20.8 Å². The lowest BCUT2D eigenvalue weighted by Crippen LogP contribution is -2.33. The van der Waals surface area contributed by atoms with E-state index >= 15 is 0 Å². The summed E-state index contributed by atoms with van der Waals surface area (Å²) in [6.07, 6.45) is -1.10. The average Bonchev–Trinajstić information content (AvgIpc) is 1.79. The quantitative estimate of drug-likeness (QED) is 0.600. The summed E-state index contributed by atoms with van der Waals surface area (Å²) in [5.74, 6) is 0. The molecule has 0 fully saturated rings. The molecule has 0 aliphatic rings. The lowest BCUT2D eigenvalue weighted by molar-refractivity contribution is 0.116. The Labute approximate surface area is 72.6 Å². The zero-order valence-corrected chi connectivity index (χ0v) is 7.79. The zero-order valence-electron chi connectivity index (χ0n) is 7.79. The van der Waals surface area contributed by atoms with Gasteiger partial charge in [-0.3, -0.25) is 0 Å². The molecule has 0 bridgehead atoms. The summed E-state index contributed by atoms with van der Waals surface area (Å²) < 4.78 is 0. The molecule has 1 unspecified atom stereocenters. The lowest BCUT2D eigenvalue weighted by atomic mass is 9.89. The Morgan fingerprint density at radius 2 is 2.00 bits per heavy atom. The van der Waals surface area contributed by atoms with Crippen LogP contribution in [0.3, 0.4) is 0 Å². The number of hydrogen-bond donors (Lipinski definition) is 3. The molecule has 0 aromatic rings. The van der Waals surface area contributed by atoms with Crippen LogP contribution in [0.1, 0.15) is 27.2 Å². The van der Waals surface area contributed by atoms with Gasteiger partial charge >= 0.3 is 6.09 Å². The van der Waals surface area contributed by atoms with E-state index in [-0.39, 0.29) is 12.0 Å². The van der Waals surface area contributed by atoms with Gasteiger partial charge in [0.1, 0.15) is 0 Å². The Bertz CT molecular complexity index is 151. The van der Waals surface area contributed by atoms with E-state index in [9.17, 15) is 9.90 Å². The fourth-order valence-electron chi connectivity index (χ4n) is 0.984. The third-order valence-electron chi connectivity index (χ3n) is 1.34. The van der Waals surface area contributed by atoms with Gasteiger partial charge in [0.2, 0.25) is 0 Å². The first kappa shape index (κ1) is 11.2. The molecule has 0 heterocycles. The molecule has 72 valence electrons. The fraction of sp³-hybridized carbons (Fsp3) is 0.875. The molecular formula is C8H17NO3. The summed E-state index contributed by atoms with van der Waals surface area (Å²) in [4.78, 5) is 10.0. The van der Waals surface area contributed by atoms with Crippen molar-refractivity contribution >= 4 is 6.09 Å². The molecule has 0 saturated carbocycles. The third kappa shape index (κ3) is 7.34. The second-order valence-electron chi connectivity index (χ2n) is 4.10. The van der Waals surface area contributed by atoms with Crippen molar-refractivity contribution in [1.82, 2.24) is 5.32 Å². The van der Waals surface area contributed by atoms with Crippen molar-refractivity contribution in [3.05, 3.63) is 0 Å². The Morgan fingerprint density at radius 1 is 1.50 bits per heavy atom. The largest absolute Gasteiger partial charge is 0.465 e. The number of carbonyl (C=O) groups is 1. The number of aliphatic hydroxyl groups is 1. The van der Waals surface area contributed by atoms with Crippen molar-refractivity contribution in [3.63, 3.8) is 0 Å². The molecule has 3 N–H and O–H groups in total. The molecule has 0 radical (unpaired) electrons. The van der Waals surface area contributed by atoms with Crippen LogP contribution in [0.2, 0.25) is 0 Å². The van der Waals surface area contributed by atoms with Crippen LogP contribution in [0.15, 0.2) is 0 Å². The second kappa shape index (κ2) is 4.30. The zero-order chi connectivity index (χ0) is 9.78. The highest BCUT2D eigenvalue weighted by Gasteiger charge is 2.16. The molecular weight excluding hydrogens is 158 g/mol. The molecule has 0 aromatic heterocycles. The highest BCUT2D eigenvalue weighted by Crippen LogP contribution is 2.20. The number of nitrogens with one attached hydrogen (secondary N) is 1. The normalized spacial score (nSPS) is 14.0. The number of rotatable bonds is 3. The van der Waals surface area contributed by atoms with Crippen molar-refractivity contribution in [3.8, 4) is 0 Å². The van der Waals surface area contributed by atoms with E-state index in [4.69, 9.17) is 5.11 Å². The summed E-state index contributed by atoms with van der Waals surface area (Å²) in [6, 6.07) is 0. The van der Waals surface area contributed by atoms with Crippen LogP contribution < -0.4 is 5.32 Å². The van der Waals surface area contributed by atoms with Crippen LogP contribution in [-0.2, 0) is 0 Å². The number of aliphatic hydroxyl groups excluding tert-OH is 1. The lowest BCUT2D eigenvalue weighted by Gasteiger charge is -2.21. The van der Waals surface area contributed by atoms with E-state index in [1.54, 1.807) is 0 Å². The molecule has 0 saturated heterocycles. The van der Waals surface area contributed by atoms with Gasteiger partial charge in [0.05, 0.1) is 6.10 Å². The van der Waals surface area contributed by atoms with Crippen LogP contribution in [0.25, 0.3) is 0 Å². The standard InChI is InChI=1S/C8H17NO3/c1-8(2,3)4-6(10)5-9-7(11)12/h6,9-10H,4-5H2,1-3H3,(H,11,12). The first-order valence-corrected chi connectivity index (χ1v) is 3.96. The van der Waals surface area contributed by atoms with Gasteiger partial charge in [0, 0.05) is 6.54 Å². The van der Waals surface area contributed by atoms with Gasteiger partial charge in [0.15, 0.2) is 0 Å². The summed E-state index contributed by atoms with van der Waals surface area (Å²) in [6.45, 7) is 6.09. The van der Waals surface area contributed by atoms with E-state index in [2.05, 4.69) is 5.32 Å². The summed E-state index contributed by atoms with van der Waals surface area (Å²) in [5.41, 5.74) is 0.0274. The molecule has 1 amide bonds. The molecule has 0 aliphatic heterocycles. The fourth-order valence-corrected chi connectivity index (χ4v) is 0.984. The van der Waals surface area contributed by atoms with Crippen LogP contribution >= 0.6 is 0 Å². The van der Waals surface area contributed by atoms with Crippen LogP contribution in [0.5, 0.6) is 0 Å². The molecule has 4 nitrogen and oxygen atoms in total. The molecule has 0 rings (SSSR count). The minimum Gasteiger partial charge on any atom is -0.465 e. The van der Waals surface area contributed by atoms with Crippen LogP contribution in [-0.4, -0.2) is 29.0 Å². The topological polar surface area (TPSA) is 69.6 Å². The van der Waals surface area contributed by atoms with Gasteiger partial charge in [-0.1, -0.05) is 20.8 Å². The SMILES string of the molecule is CC(C)(C)CC(O)CNC(=O)O. The molecule has 4 heteroatoms. The van der Waals surface area contributed by atoms with E-state index in [0.29, 0.717) is 6.42 Å². The number of amides is 1. The number of carboxylic acid groups (broad SMARTS) is 1. The molecule has 0 aliphatic carbocycles. The predicted molar refractivity (Wildman–Crippen MR) is 46.1 cm³/mol. The van der Waals surface area contributed by atoms with Gasteiger partial charge in [-0.25, -0.2) is 4.79 Å². The Balaban J connectivity index is 3.60. The smallest absolute Gasteiger partial charge is 0.404 e. The maximum Gasteiger partial charge on any atom is 0.404 e. The van der Waals surface area contributed by atoms with Gasteiger partial charge in [0.25, 0.3) is 0 Å². The Hall–Kier alpha value is -0.770. The van der Waals surface area contributed by atoms with Gasteiger partial charge in [-0.15, -0.1) is 0 Å². The highest BCUT2D eigenvalue weighted by molar-refractivity contribution is 5.64. The second-order valence-corrected chi connectivity index (χ2v) is 4.10. The maximum atomic E-state index is 10.0. The van der Waals surface area contributed by atoms with Gasteiger partial charge in [-0.05, 0) is 11.8 Å². The monoisotopic (exact) mass is 175 g/mol. The van der Waals surface area contributed by atoms with Gasteiger partial charge < -0.3 is 15.5 Å². The molecule has 0 aromatic carbocycles. The van der Waals surface area contributed by atoms with Crippen molar-refractivity contribution in [1.29, 1.82) is 0 Å². The molecule has 12 heavy (non-hydrogen) atoms. The van der Waals surface area contributed by atoms with Crippen LogP contribution in [0, 0.1) is 5.41 Å². The Morgan fingerprint density at radius 3 is 2.33 bits per heavy atom. The van der Waals surface area contributed by atoms with Crippen molar-refractivity contribution in [2.24, 2.45) is 5.41 Å². The summed E-state index contributed by atoms with van der Waals surface area (Å²) in [5, 5.41) is 19.7. The minimum absolute atomic E-state index is 0.0274. The molecule has 0 spiro atoms. The van der Waals surface area contributed by atoms with Crippen molar-refractivity contribution in [2.45, 2.75) is 33.3 Å². The van der Waals surface area contributed by atoms with Crippen LogP contribution in [0.4, 0.5) is 4.79 Å². The number of hydrogen-bond acceptors (Lipinski definition) is 2. The van der Waals surface area contributed by atoms with E-state index in [1.165, 1.54) is 0 Å². The Kier molecular flexibility index (Phi) is 4.03. The highest BCUT2D eigenvalue weighted by atomic mass is 16.4. The molecule has 1 atom stereocenters. The summed E-state index contributed by atoms with van der Waals surface area (Å²) >= 11 is 0. The first-order valence-electron chi connectivity index (χ1n) is 3.96. The minimum atomic E-state index is -1.09. The third-order valence-corrected chi connectivity index (χ3v) is 1.34. The van der Waals surface area contributed by atoms with Gasteiger partial charge in [-0.2, -0.15) is 0 Å². The summed E-state index contributed by atoms with van der Waals surface area (Å²) in [7, 11) is 0. The van der Waals surface area contributed by atoms with E-state index in [0.717, 1.165) is 0 Å². The van der Waals surface area contributed by atoms with Crippen molar-refractivity contribution in [2.75, 3.05) is 6.54 Å². The van der Waals surface area contributed by atoms with E-state index < -0.39 is 12.2 Å². The maximum absolute atomic E-state index is 10.0. The average molecular weight is 175 g/mol. The van der Waals surface area contributed by atoms with Crippen molar-refractivity contribution < 1.29 is 15.0 Å². The first-order chi connectivity index (χ1) is 5.31. The predicted octanol–water partition coefficient (Wildman–Crippen LogP) is 1.05.